The molecule has 1 aliphatic carbocycles. The van der Waals surface area contributed by atoms with E-state index < -0.39 is 0 Å². The second kappa shape index (κ2) is 5.54. The summed E-state index contributed by atoms with van der Waals surface area (Å²) in [6, 6.07) is 8.29. The quantitative estimate of drug-likeness (QED) is 0.866. The first-order valence-corrected chi connectivity index (χ1v) is 6.73. The summed E-state index contributed by atoms with van der Waals surface area (Å²) in [4.78, 5) is 0. The molecule has 0 spiro atoms. The number of rotatable bonds is 4. The molecular weight excluding hydrogens is 210 g/mol. The molecule has 0 radical (unpaired) electrons. The number of para-hydroxylation sites is 1. The van der Waals surface area contributed by atoms with Crippen LogP contribution in [0.25, 0.3) is 0 Å². The third-order valence-corrected chi connectivity index (χ3v) is 3.66. The normalized spacial score (nSPS) is 18.9. The van der Waals surface area contributed by atoms with Gasteiger partial charge in [0.15, 0.2) is 0 Å². The largest absolute Gasteiger partial charge is 0.494 e. The fourth-order valence-electron chi connectivity index (χ4n) is 2.76. The standard InChI is InChI=1S/C15H23NO/c1-2-17-14-9-5-4-8-13(14)12-15(16)10-6-3-7-11-15/h4-5,8-9H,2-3,6-7,10-12,16H2,1H3. The highest BCUT2D eigenvalue weighted by atomic mass is 16.5. The van der Waals surface area contributed by atoms with Crippen LogP contribution in [0, 0.1) is 0 Å². The maximum atomic E-state index is 6.50. The van der Waals surface area contributed by atoms with Crippen molar-refractivity contribution in [3.8, 4) is 5.75 Å². The number of ether oxygens (including phenoxy) is 1. The molecule has 17 heavy (non-hydrogen) atoms. The lowest BCUT2D eigenvalue weighted by Gasteiger charge is -2.34. The Labute approximate surface area is 104 Å². The second-order valence-electron chi connectivity index (χ2n) is 5.14. The summed E-state index contributed by atoms with van der Waals surface area (Å²) in [6.45, 7) is 2.74. The summed E-state index contributed by atoms with van der Waals surface area (Å²) in [5.74, 6) is 1.00. The third kappa shape index (κ3) is 3.22. The predicted molar refractivity (Wildman–Crippen MR) is 71.3 cm³/mol. The van der Waals surface area contributed by atoms with Gasteiger partial charge in [-0.25, -0.2) is 0 Å². The number of hydrogen-bond acceptors (Lipinski definition) is 2. The van der Waals surface area contributed by atoms with E-state index in [9.17, 15) is 0 Å². The van der Waals surface area contributed by atoms with E-state index in [0.29, 0.717) is 6.61 Å². The van der Waals surface area contributed by atoms with Crippen molar-refractivity contribution in [2.75, 3.05) is 6.61 Å². The molecule has 0 amide bonds. The van der Waals surface area contributed by atoms with E-state index >= 15 is 0 Å². The number of benzene rings is 1. The second-order valence-corrected chi connectivity index (χ2v) is 5.14. The lowest BCUT2D eigenvalue weighted by molar-refractivity contribution is 0.285. The van der Waals surface area contributed by atoms with Crippen LogP contribution in [-0.4, -0.2) is 12.1 Å². The molecule has 1 aromatic rings. The molecule has 1 aromatic carbocycles. The van der Waals surface area contributed by atoms with Crippen molar-refractivity contribution in [1.82, 2.24) is 0 Å². The van der Waals surface area contributed by atoms with Crippen LogP contribution in [0.15, 0.2) is 24.3 Å². The lowest BCUT2D eigenvalue weighted by Crippen LogP contribution is -2.43. The summed E-state index contributed by atoms with van der Waals surface area (Å²) >= 11 is 0. The summed E-state index contributed by atoms with van der Waals surface area (Å²) in [7, 11) is 0. The van der Waals surface area contributed by atoms with Crippen LogP contribution in [-0.2, 0) is 6.42 Å². The SMILES string of the molecule is CCOc1ccccc1CC1(N)CCCCC1. The van der Waals surface area contributed by atoms with Crippen molar-refractivity contribution in [2.24, 2.45) is 5.73 Å². The van der Waals surface area contributed by atoms with Gasteiger partial charge < -0.3 is 10.5 Å². The smallest absolute Gasteiger partial charge is 0.122 e. The minimum absolute atomic E-state index is 0.00848. The van der Waals surface area contributed by atoms with Crippen LogP contribution in [0.2, 0.25) is 0 Å². The third-order valence-electron chi connectivity index (χ3n) is 3.66. The zero-order valence-electron chi connectivity index (χ0n) is 10.7. The average Bonchev–Trinajstić information content (AvgIpc) is 2.32. The summed E-state index contributed by atoms with van der Waals surface area (Å²) in [5, 5.41) is 0. The van der Waals surface area contributed by atoms with Gasteiger partial charge in [-0.15, -0.1) is 0 Å². The van der Waals surface area contributed by atoms with Crippen molar-refractivity contribution < 1.29 is 4.74 Å². The molecule has 1 aliphatic rings. The van der Waals surface area contributed by atoms with E-state index in [1.54, 1.807) is 0 Å². The molecule has 2 nitrogen and oxygen atoms in total. The highest BCUT2D eigenvalue weighted by molar-refractivity contribution is 5.34. The zero-order valence-corrected chi connectivity index (χ0v) is 10.7. The van der Waals surface area contributed by atoms with Crippen LogP contribution in [0.4, 0.5) is 0 Å². The van der Waals surface area contributed by atoms with E-state index in [-0.39, 0.29) is 5.54 Å². The van der Waals surface area contributed by atoms with Gasteiger partial charge in [-0.1, -0.05) is 37.5 Å². The Hall–Kier alpha value is -1.02. The maximum Gasteiger partial charge on any atom is 0.122 e. The first kappa shape index (κ1) is 12.4. The topological polar surface area (TPSA) is 35.2 Å². The van der Waals surface area contributed by atoms with Crippen LogP contribution in [0.1, 0.15) is 44.6 Å². The first-order valence-electron chi connectivity index (χ1n) is 6.73. The molecule has 0 saturated heterocycles. The van der Waals surface area contributed by atoms with E-state index in [0.717, 1.165) is 25.0 Å². The van der Waals surface area contributed by atoms with Crippen molar-refractivity contribution >= 4 is 0 Å². The van der Waals surface area contributed by atoms with Gasteiger partial charge in [-0.05, 0) is 37.8 Å². The minimum Gasteiger partial charge on any atom is -0.494 e. The van der Waals surface area contributed by atoms with E-state index in [2.05, 4.69) is 12.1 Å². The highest BCUT2D eigenvalue weighted by Gasteiger charge is 2.28. The maximum absolute atomic E-state index is 6.50. The molecule has 2 heteroatoms. The van der Waals surface area contributed by atoms with Gasteiger partial charge in [0, 0.05) is 5.54 Å². The Kier molecular flexibility index (Phi) is 4.06. The Morgan fingerprint density at radius 1 is 1.18 bits per heavy atom. The van der Waals surface area contributed by atoms with Crippen molar-refractivity contribution in [3.63, 3.8) is 0 Å². The summed E-state index contributed by atoms with van der Waals surface area (Å²) < 4.78 is 5.67. The van der Waals surface area contributed by atoms with Crippen molar-refractivity contribution in [1.29, 1.82) is 0 Å². The van der Waals surface area contributed by atoms with Crippen LogP contribution >= 0.6 is 0 Å². The van der Waals surface area contributed by atoms with Gasteiger partial charge in [-0.3, -0.25) is 0 Å². The number of nitrogens with two attached hydrogens (primary N) is 1. The fourth-order valence-corrected chi connectivity index (χ4v) is 2.76. The monoisotopic (exact) mass is 233 g/mol. The molecule has 1 saturated carbocycles. The van der Waals surface area contributed by atoms with E-state index in [1.165, 1.54) is 24.8 Å². The van der Waals surface area contributed by atoms with Crippen LogP contribution in [0.3, 0.4) is 0 Å². The van der Waals surface area contributed by atoms with E-state index in [1.807, 2.05) is 19.1 Å². The molecule has 0 aromatic heterocycles. The van der Waals surface area contributed by atoms with Gasteiger partial charge in [0.25, 0.3) is 0 Å². The Balaban J connectivity index is 2.11. The molecule has 2 N–H and O–H groups in total. The summed E-state index contributed by atoms with van der Waals surface area (Å²) in [6.07, 6.45) is 7.12. The Bertz CT molecular complexity index is 356. The average molecular weight is 233 g/mol. The lowest BCUT2D eigenvalue weighted by atomic mass is 9.78. The molecule has 0 atom stereocenters. The Morgan fingerprint density at radius 2 is 1.88 bits per heavy atom. The molecule has 0 bridgehead atoms. The molecule has 2 rings (SSSR count). The molecule has 0 heterocycles. The van der Waals surface area contributed by atoms with Gasteiger partial charge in [0.2, 0.25) is 0 Å². The molecule has 1 fully saturated rings. The first-order chi connectivity index (χ1) is 8.23. The summed E-state index contributed by atoms with van der Waals surface area (Å²) in [5.41, 5.74) is 7.75. The molecule has 0 aliphatic heterocycles. The molecule has 0 unspecified atom stereocenters. The fraction of sp³-hybridized carbons (Fsp3) is 0.600. The van der Waals surface area contributed by atoms with E-state index in [4.69, 9.17) is 10.5 Å². The predicted octanol–water partition coefficient (Wildman–Crippen LogP) is 3.29. The van der Waals surface area contributed by atoms with Gasteiger partial charge in [0.1, 0.15) is 5.75 Å². The van der Waals surface area contributed by atoms with Crippen molar-refractivity contribution in [3.05, 3.63) is 29.8 Å². The van der Waals surface area contributed by atoms with Gasteiger partial charge in [-0.2, -0.15) is 0 Å². The van der Waals surface area contributed by atoms with Crippen molar-refractivity contribution in [2.45, 2.75) is 51.0 Å². The van der Waals surface area contributed by atoms with Gasteiger partial charge >= 0.3 is 0 Å². The molecule has 94 valence electrons. The molecular formula is C15H23NO. The zero-order chi connectivity index (χ0) is 12.1. The van der Waals surface area contributed by atoms with Crippen LogP contribution < -0.4 is 10.5 Å². The highest BCUT2D eigenvalue weighted by Crippen LogP contribution is 2.31. The van der Waals surface area contributed by atoms with Crippen LogP contribution in [0.5, 0.6) is 5.75 Å². The Morgan fingerprint density at radius 3 is 2.59 bits per heavy atom. The number of hydrogen-bond donors (Lipinski definition) is 1. The minimum atomic E-state index is -0.00848. The van der Waals surface area contributed by atoms with Gasteiger partial charge in [0.05, 0.1) is 6.61 Å².